The minimum absolute atomic E-state index is 0.210. The molecule has 156 valence electrons. The first-order chi connectivity index (χ1) is 14.4. The van der Waals surface area contributed by atoms with Crippen molar-refractivity contribution >= 4 is 10.0 Å². The van der Waals surface area contributed by atoms with Gasteiger partial charge in [0.2, 0.25) is 10.0 Å². The van der Waals surface area contributed by atoms with Gasteiger partial charge >= 0.3 is 0 Å². The highest BCUT2D eigenvalue weighted by molar-refractivity contribution is 7.89. The Labute approximate surface area is 178 Å². The number of likely N-dealkylation sites (N-methyl/N-ethyl adjacent to an activating group) is 1. The normalized spacial score (nSPS) is 18.3. The lowest BCUT2D eigenvalue weighted by atomic mass is 10.1. The molecule has 0 amide bonds. The van der Waals surface area contributed by atoms with Gasteiger partial charge in [-0.3, -0.25) is 0 Å². The van der Waals surface area contributed by atoms with Gasteiger partial charge in [-0.2, -0.15) is 4.31 Å². The maximum Gasteiger partial charge on any atom is 0.243 e. The molecule has 0 aromatic heterocycles. The van der Waals surface area contributed by atoms with Crippen LogP contribution in [0.5, 0.6) is 11.5 Å². The first kappa shape index (κ1) is 20.6. The number of ether oxygens (including phenoxy) is 1. The molecule has 0 aliphatic carbocycles. The minimum Gasteiger partial charge on any atom is -0.457 e. The number of hydrogen-bond acceptors (Lipinski definition) is 4. The van der Waals surface area contributed by atoms with E-state index in [1.165, 1.54) is 0 Å². The average molecular weight is 423 g/mol. The van der Waals surface area contributed by atoms with E-state index in [1.54, 1.807) is 28.6 Å². The summed E-state index contributed by atoms with van der Waals surface area (Å²) in [4.78, 5) is 2.45. The van der Waals surface area contributed by atoms with Crippen molar-refractivity contribution in [2.24, 2.45) is 0 Å². The fourth-order valence-corrected chi connectivity index (χ4v) is 5.36. The van der Waals surface area contributed by atoms with E-state index in [-0.39, 0.29) is 10.9 Å². The van der Waals surface area contributed by atoms with Gasteiger partial charge in [0.25, 0.3) is 0 Å². The van der Waals surface area contributed by atoms with Gasteiger partial charge in [-0.1, -0.05) is 42.5 Å². The van der Waals surface area contributed by atoms with Gasteiger partial charge in [0.15, 0.2) is 0 Å². The van der Waals surface area contributed by atoms with E-state index in [0.717, 1.165) is 16.9 Å². The fraction of sp³-hybridized carbons (Fsp3) is 0.250. The van der Waals surface area contributed by atoms with Crippen LogP contribution in [0.2, 0.25) is 0 Å². The molecule has 1 unspecified atom stereocenters. The van der Waals surface area contributed by atoms with Gasteiger partial charge in [0.05, 0.1) is 10.9 Å². The van der Waals surface area contributed by atoms with Crippen molar-refractivity contribution in [3.05, 3.63) is 90.0 Å². The van der Waals surface area contributed by atoms with E-state index in [9.17, 15) is 8.42 Å². The SMILES string of the molecule is Cc1cccc(Oc2ccc(S(=O)(=O)N3CCN(C)CC3c3ccccc3)cc2)c1. The molecular weight excluding hydrogens is 396 g/mol. The summed E-state index contributed by atoms with van der Waals surface area (Å²) in [7, 11) is -1.60. The molecule has 1 fully saturated rings. The number of rotatable bonds is 5. The van der Waals surface area contributed by atoms with E-state index < -0.39 is 10.0 Å². The van der Waals surface area contributed by atoms with Crippen LogP contribution in [0.1, 0.15) is 17.2 Å². The van der Waals surface area contributed by atoms with Crippen LogP contribution < -0.4 is 4.74 Å². The molecule has 1 aliphatic heterocycles. The van der Waals surface area contributed by atoms with Gasteiger partial charge in [-0.25, -0.2) is 8.42 Å². The summed E-state index contributed by atoms with van der Waals surface area (Å²) in [5, 5.41) is 0. The Kier molecular flexibility index (Phi) is 5.90. The minimum atomic E-state index is -3.63. The molecule has 30 heavy (non-hydrogen) atoms. The number of aryl methyl sites for hydroxylation is 1. The van der Waals surface area contributed by atoms with Crippen molar-refractivity contribution in [2.45, 2.75) is 17.9 Å². The molecule has 0 saturated carbocycles. The summed E-state index contributed by atoms with van der Waals surface area (Å²) in [6.07, 6.45) is 0. The second kappa shape index (κ2) is 8.60. The molecule has 4 rings (SSSR count). The summed E-state index contributed by atoms with van der Waals surface area (Å²) in [5.74, 6) is 1.34. The Hall–Kier alpha value is -2.67. The molecule has 1 saturated heterocycles. The number of nitrogens with zero attached hydrogens (tertiary/aromatic N) is 2. The highest BCUT2D eigenvalue weighted by Crippen LogP contribution is 2.32. The van der Waals surface area contributed by atoms with Gasteiger partial charge < -0.3 is 9.64 Å². The van der Waals surface area contributed by atoms with Crippen LogP contribution in [-0.2, 0) is 10.0 Å². The van der Waals surface area contributed by atoms with Crippen LogP contribution in [0.15, 0.2) is 83.8 Å². The summed E-state index contributed by atoms with van der Waals surface area (Å²) in [6, 6.07) is 24.1. The van der Waals surface area contributed by atoms with E-state index in [4.69, 9.17) is 4.74 Å². The van der Waals surface area contributed by atoms with Crippen molar-refractivity contribution in [2.75, 3.05) is 26.7 Å². The van der Waals surface area contributed by atoms with Crippen LogP contribution in [0.4, 0.5) is 0 Å². The maximum atomic E-state index is 13.5. The topological polar surface area (TPSA) is 49.9 Å². The number of hydrogen-bond donors (Lipinski definition) is 0. The summed E-state index contributed by atoms with van der Waals surface area (Å²) < 4.78 is 34.4. The monoisotopic (exact) mass is 422 g/mol. The molecule has 1 aliphatic rings. The lowest BCUT2D eigenvalue weighted by Crippen LogP contribution is -2.49. The molecule has 0 bridgehead atoms. The van der Waals surface area contributed by atoms with E-state index >= 15 is 0 Å². The zero-order chi connectivity index (χ0) is 21.1. The quantitative estimate of drug-likeness (QED) is 0.609. The molecule has 3 aromatic carbocycles. The number of piperazine rings is 1. The third kappa shape index (κ3) is 4.41. The molecule has 3 aromatic rings. The fourth-order valence-electron chi connectivity index (χ4n) is 3.77. The molecule has 0 spiro atoms. The van der Waals surface area contributed by atoms with Crippen LogP contribution in [0.25, 0.3) is 0 Å². The molecule has 5 nitrogen and oxygen atoms in total. The van der Waals surface area contributed by atoms with Crippen molar-refractivity contribution in [3.8, 4) is 11.5 Å². The summed E-state index contributed by atoms with van der Waals surface area (Å²) in [5.41, 5.74) is 2.11. The highest BCUT2D eigenvalue weighted by Gasteiger charge is 2.36. The van der Waals surface area contributed by atoms with Gasteiger partial charge in [-0.05, 0) is 61.5 Å². The lowest BCUT2D eigenvalue weighted by Gasteiger charge is -2.39. The largest absolute Gasteiger partial charge is 0.457 e. The lowest BCUT2D eigenvalue weighted by molar-refractivity contribution is 0.160. The van der Waals surface area contributed by atoms with Gasteiger partial charge in [0, 0.05) is 19.6 Å². The Morgan fingerprint density at radius 1 is 0.867 bits per heavy atom. The first-order valence-corrected chi connectivity index (χ1v) is 11.5. The van der Waals surface area contributed by atoms with Crippen molar-refractivity contribution in [3.63, 3.8) is 0 Å². The predicted molar refractivity (Wildman–Crippen MR) is 118 cm³/mol. The number of benzene rings is 3. The molecule has 6 heteroatoms. The van der Waals surface area contributed by atoms with Crippen LogP contribution in [0, 0.1) is 6.92 Å². The average Bonchev–Trinajstić information content (AvgIpc) is 2.74. The Morgan fingerprint density at radius 3 is 2.30 bits per heavy atom. The first-order valence-electron chi connectivity index (χ1n) is 10.0. The Balaban J connectivity index is 1.58. The number of sulfonamides is 1. The third-order valence-corrected chi connectivity index (χ3v) is 7.30. The molecule has 1 atom stereocenters. The van der Waals surface area contributed by atoms with Crippen molar-refractivity contribution in [1.29, 1.82) is 0 Å². The molecule has 0 radical (unpaired) electrons. The van der Waals surface area contributed by atoms with E-state index in [1.807, 2.05) is 68.6 Å². The Morgan fingerprint density at radius 2 is 1.60 bits per heavy atom. The van der Waals surface area contributed by atoms with Crippen LogP contribution >= 0.6 is 0 Å². The summed E-state index contributed by atoms with van der Waals surface area (Å²) in [6.45, 7) is 3.83. The molecule has 0 N–H and O–H groups in total. The Bertz CT molecular complexity index is 1100. The zero-order valence-electron chi connectivity index (χ0n) is 17.2. The second-order valence-electron chi connectivity index (χ2n) is 7.69. The smallest absolute Gasteiger partial charge is 0.243 e. The second-order valence-corrected chi connectivity index (χ2v) is 9.59. The predicted octanol–water partition coefficient (Wildman–Crippen LogP) is 4.46. The molecular formula is C24H26N2O3S. The van der Waals surface area contributed by atoms with Crippen LogP contribution in [0.3, 0.4) is 0 Å². The van der Waals surface area contributed by atoms with Crippen molar-refractivity contribution in [1.82, 2.24) is 9.21 Å². The standard InChI is InChI=1S/C24H26N2O3S/c1-19-7-6-10-22(17-19)29-21-11-13-23(14-12-21)30(27,28)26-16-15-25(2)18-24(26)20-8-4-3-5-9-20/h3-14,17,24H,15-16,18H2,1-2H3. The zero-order valence-corrected chi connectivity index (χ0v) is 18.0. The third-order valence-electron chi connectivity index (χ3n) is 5.37. The maximum absolute atomic E-state index is 13.5. The van der Waals surface area contributed by atoms with Crippen LogP contribution in [-0.4, -0.2) is 44.3 Å². The van der Waals surface area contributed by atoms with Crippen molar-refractivity contribution < 1.29 is 13.2 Å². The summed E-state index contributed by atoms with van der Waals surface area (Å²) >= 11 is 0. The molecule has 1 heterocycles. The van der Waals surface area contributed by atoms with Gasteiger partial charge in [0.1, 0.15) is 11.5 Å². The van der Waals surface area contributed by atoms with Gasteiger partial charge in [-0.15, -0.1) is 0 Å². The van der Waals surface area contributed by atoms with E-state index in [0.29, 0.717) is 25.4 Å². The van der Waals surface area contributed by atoms with E-state index in [2.05, 4.69) is 4.90 Å². The highest BCUT2D eigenvalue weighted by atomic mass is 32.2.